The lowest BCUT2D eigenvalue weighted by Crippen LogP contribution is -2.13. The topological polar surface area (TPSA) is 85.2 Å². The average Bonchev–Trinajstić information content (AvgIpc) is 3.13. The summed E-state index contributed by atoms with van der Waals surface area (Å²) in [4.78, 5) is 11.1. The molecule has 0 amide bonds. The van der Waals surface area contributed by atoms with Gasteiger partial charge in [-0.25, -0.2) is 9.38 Å². The molecule has 0 saturated heterocycles. The number of rotatable bonds is 2. The first-order chi connectivity index (χ1) is 13.3. The number of nitrogens with two attached hydrogens (primary N) is 1. The first-order valence-electron chi connectivity index (χ1n) is 8.95. The highest BCUT2D eigenvalue weighted by molar-refractivity contribution is 5.91. The maximum atomic E-state index is 5.89. The maximum Gasteiger partial charge on any atom is 0.258 e. The van der Waals surface area contributed by atoms with Crippen molar-refractivity contribution in [1.82, 2.24) is 24.6 Å². The van der Waals surface area contributed by atoms with Crippen LogP contribution in [0.1, 0.15) is 26.3 Å². The van der Waals surface area contributed by atoms with Gasteiger partial charge in [-0.3, -0.25) is 0 Å². The predicted molar refractivity (Wildman–Crippen MR) is 111 cm³/mol. The van der Waals surface area contributed by atoms with Crippen molar-refractivity contribution in [2.75, 3.05) is 17.7 Å². The largest absolute Gasteiger partial charge is 0.384 e. The van der Waals surface area contributed by atoms with Crippen molar-refractivity contribution in [3.63, 3.8) is 0 Å². The van der Waals surface area contributed by atoms with E-state index in [1.165, 1.54) is 0 Å². The zero-order valence-corrected chi connectivity index (χ0v) is 16.3. The fraction of sp³-hybridized carbons (Fsp3) is 0.238. The van der Waals surface area contributed by atoms with Crippen molar-refractivity contribution < 1.29 is 0 Å². The Bertz CT molecular complexity index is 1240. The Morgan fingerprint density at radius 2 is 1.93 bits per heavy atom. The van der Waals surface area contributed by atoms with Gasteiger partial charge in [0.25, 0.3) is 5.78 Å². The highest BCUT2D eigenvalue weighted by atomic mass is 15.3. The van der Waals surface area contributed by atoms with Gasteiger partial charge in [-0.15, -0.1) is 10.2 Å². The highest BCUT2D eigenvalue weighted by Crippen LogP contribution is 2.30. The first kappa shape index (κ1) is 17.7. The minimum Gasteiger partial charge on any atom is -0.384 e. The van der Waals surface area contributed by atoms with E-state index in [0.29, 0.717) is 17.2 Å². The average molecular weight is 371 g/mol. The molecule has 0 atom stereocenters. The van der Waals surface area contributed by atoms with Crippen LogP contribution in [0.2, 0.25) is 0 Å². The quantitative estimate of drug-likeness (QED) is 0.544. The van der Waals surface area contributed by atoms with Crippen molar-refractivity contribution in [1.29, 1.82) is 0 Å². The van der Waals surface area contributed by atoms with Gasteiger partial charge in [0.05, 0.1) is 5.39 Å². The lowest BCUT2D eigenvalue weighted by molar-refractivity contribution is 0.571. The van der Waals surface area contributed by atoms with E-state index in [2.05, 4.69) is 52.8 Å². The molecule has 2 N–H and O–H groups in total. The summed E-state index contributed by atoms with van der Waals surface area (Å²) in [7, 11) is 1.96. The molecule has 0 bridgehead atoms. The van der Waals surface area contributed by atoms with Crippen LogP contribution in [0.3, 0.4) is 0 Å². The zero-order valence-electron chi connectivity index (χ0n) is 16.3. The van der Waals surface area contributed by atoms with E-state index in [1.807, 2.05) is 42.3 Å². The molecule has 0 spiro atoms. The second-order valence-electron chi connectivity index (χ2n) is 7.65. The zero-order chi connectivity index (χ0) is 19.9. The molecule has 0 aliphatic carbocycles. The monoisotopic (exact) mass is 371 g/mol. The number of hydrogen-bond donors (Lipinski definition) is 1. The molecule has 0 aliphatic rings. The van der Waals surface area contributed by atoms with Crippen LogP contribution in [0, 0.1) is 17.3 Å². The number of nitrogens with zero attached hydrogens (tertiary/aromatic N) is 6. The molecule has 7 heteroatoms. The summed E-state index contributed by atoms with van der Waals surface area (Å²) in [6.45, 7) is 6.29. The van der Waals surface area contributed by atoms with Crippen LogP contribution >= 0.6 is 0 Å². The molecule has 28 heavy (non-hydrogen) atoms. The van der Waals surface area contributed by atoms with E-state index < -0.39 is 0 Å². The molecule has 0 aliphatic heterocycles. The van der Waals surface area contributed by atoms with Gasteiger partial charge in [-0.05, 0) is 51.1 Å². The van der Waals surface area contributed by atoms with Crippen molar-refractivity contribution in [3.05, 3.63) is 48.3 Å². The molecular formula is C21H21N7. The van der Waals surface area contributed by atoms with E-state index in [-0.39, 0.29) is 5.41 Å². The Hall–Kier alpha value is -3.66. The fourth-order valence-electron chi connectivity index (χ4n) is 2.86. The van der Waals surface area contributed by atoms with E-state index >= 15 is 0 Å². The van der Waals surface area contributed by atoms with Crippen LogP contribution in [-0.4, -0.2) is 31.6 Å². The Morgan fingerprint density at radius 3 is 2.71 bits per heavy atom. The standard InChI is InChI=1S/C21H21N7/c1-21(2,3)11-10-14-6-5-7-15(12-14)27(4)18-16-8-9-17(22)24-19(16)28-13-23-26-20(28)25-18/h5-9,12-13H,1-4H3,(H2,22,24). The molecule has 0 saturated carbocycles. The molecule has 0 radical (unpaired) electrons. The van der Waals surface area contributed by atoms with E-state index in [0.717, 1.165) is 22.5 Å². The molecule has 3 aromatic heterocycles. The summed E-state index contributed by atoms with van der Waals surface area (Å²) in [5.74, 6) is 8.15. The predicted octanol–water partition coefficient (Wildman–Crippen LogP) is 3.42. The van der Waals surface area contributed by atoms with Crippen molar-refractivity contribution in [2.45, 2.75) is 20.8 Å². The number of pyridine rings is 1. The van der Waals surface area contributed by atoms with E-state index in [9.17, 15) is 0 Å². The first-order valence-corrected chi connectivity index (χ1v) is 8.95. The third kappa shape index (κ3) is 3.32. The smallest absolute Gasteiger partial charge is 0.258 e. The minimum atomic E-state index is -0.0516. The summed E-state index contributed by atoms with van der Waals surface area (Å²) in [5.41, 5.74) is 8.43. The third-order valence-electron chi connectivity index (χ3n) is 4.23. The van der Waals surface area contributed by atoms with Gasteiger partial charge < -0.3 is 10.6 Å². The van der Waals surface area contributed by atoms with Crippen molar-refractivity contribution in [3.8, 4) is 11.8 Å². The van der Waals surface area contributed by atoms with Gasteiger partial charge in [0.2, 0.25) is 0 Å². The van der Waals surface area contributed by atoms with Gasteiger partial charge in [-0.1, -0.05) is 17.9 Å². The summed E-state index contributed by atoms with van der Waals surface area (Å²) in [6.07, 6.45) is 1.59. The number of anilines is 3. The number of nitrogen functional groups attached to an aromatic ring is 1. The number of benzene rings is 1. The second-order valence-corrected chi connectivity index (χ2v) is 7.65. The molecule has 7 nitrogen and oxygen atoms in total. The normalized spacial score (nSPS) is 11.4. The number of fused-ring (bicyclic) bond motifs is 3. The summed E-state index contributed by atoms with van der Waals surface area (Å²) < 4.78 is 1.73. The van der Waals surface area contributed by atoms with Crippen LogP contribution in [0.4, 0.5) is 17.3 Å². The van der Waals surface area contributed by atoms with Gasteiger partial charge in [0.15, 0.2) is 5.65 Å². The summed E-state index contributed by atoms with van der Waals surface area (Å²) >= 11 is 0. The fourth-order valence-corrected chi connectivity index (χ4v) is 2.86. The van der Waals surface area contributed by atoms with E-state index in [1.54, 1.807) is 16.8 Å². The van der Waals surface area contributed by atoms with Crippen LogP contribution in [0.15, 0.2) is 42.7 Å². The summed E-state index contributed by atoms with van der Waals surface area (Å²) in [6, 6.07) is 11.7. The highest BCUT2D eigenvalue weighted by Gasteiger charge is 2.16. The minimum absolute atomic E-state index is 0.0516. The van der Waals surface area contributed by atoms with Crippen LogP contribution < -0.4 is 10.6 Å². The SMILES string of the molecule is CN(c1cccc(C#CC(C)(C)C)c1)c1nc2nncn2c2nc(N)ccc12. The Morgan fingerprint density at radius 1 is 1.11 bits per heavy atom. The van der Waals surface area contributed by atoms with Crippen molar-refractivity contribution >= 4 is 34.1 Å². The van der Waals surface area contributed by atoms with Gasteiger partial charge >= 0.3 is 0 Å². The lowest BCUT2D eigenvalue weighted by atomic mass is 9.97. The molecule has 3 heterocycles. The Kier molecular flexibility index (Phi) is 4.12. The maximum absolute atomic E-state index is 5.89. The summed E-state index contributed by atoms with van der Waals surface area (Å²) in [5, 5.41) is 8.89. The second kappa shape index (κ2) is 6.50. The molecular weight excluding hydrogens is 350 g/mol. The lowest BCUT2D eigenvalue weighted by Gasteiger charge is -2.20. The van der Waals surface area contributed by atoms with Gasteiger partial charge in [-0.2, -0.15) is 4.98 Å². The molecule has 140 valence electrons. The molecule has 4 aromatic rings. The Balaban J connectivity index is 1.84. The van der Waals surface area contributed by atoms with Crippen molar-refractivity contribution in [2.24, 2.45) is 5.41 Å². The van der Waals surface area contributed by atoms with Gasteiger partial charge in [0.1, 0.15) is 18.0 Å². The molecule has 0 fully saturated rings. The third-order valence-corrected chi connectivity index (χ3v) is 4.23. The number of hydrogen-bond acceptors (Lipinski definition) is 6. The molecule has 0 unspecified atom stereocenters. The molecule has 4 rings (SSSR count). The van der Waals surface area contributed by atoms with Crippen LogP contribution in [0.5, 0.6) is 0 Å². The van der Waals surface area contributed by atoms with Gasteiger partial charge in [0, 0.05) is 23.7 Å². The number of aromatic nitrogens is 5. The Labute approximate surface area is 163 Å². The van der Waals surface area contributed by atoms with E-state index in [4.69, 9.17) is 5.73 Å². The van der Waals surface area contributed by atoms with Crippen LogP contribution in [0.25, 0.3) is 16.8 Å². The molecule has 1 aromatic carbocycles. The van der Waals surface area contributed by atoms with Crippen LogP contribution in [-0.2, 0) is 0 Å².